The zero-order chi connectivity index (χ0) is 33.9. The molecule has 0 unspecified atom stereocenters. The molecule has 4 fully saturated rings. The Morgan fingerprint density at radius 1 is 1.11 bits per heavy atom. The summed E-state index contributed by atoms with van der Waals surface area (Å²) in [7, 11) is -0.538. The highest BCUT2D eigenvalue weighted by molar-refractivity contribution is 7.99. The van der Waals surface area contributed by atoms with Crippen molar-refractivity contribution in [2.24, 2.45) is 39.8 Å². The third-order valence-corrected chi connectivity index (χ3v) is 11.6. The predicted octanol–water partition coefficient (Wildman–Crippen LogP) is 5.72. The monoisotopic (exact) mass is 665 g/mol. The SMILES string of the molecule is CCCCCCCCSCCC(=O)C[C@@H](CCCN=C(N)N[N+](=O)[O-])C(=O)N[C@@H](CC(C)C)B1O[C@@H]2C[C@H]3C[C@H](C3(C)C)[C@]2(C)O1. The van der Waals surface area contributed by atoms with Crippen molar-refractivity contribution in [3.8, 4) is 0 Å². The standard InChI is InChI=1S/C33H60BN5O6S/c1-7-8-9-10-11-12-17-46-18-15-26(40)20-24(14-13-16-36-31(35)38-39(42)43)30(41)37-29(19-23(2)3)34-44-28-22-25-21-27(32(25,4)5)33(28,6)45-34/h23-25,27-29H,7-22H2,1-6H3,(H,37,41)(H3,35,36,38)/t24-,25-,27-,28-,29+,33+/m1/s1. The van der Waals surface area contributed by atoms with E-state index < -0.39 is 18.1 Å². The predicted molar refractivity (Wildman–Crippen MR) is 186 cm³/mol. The van der Waals surface area contributed by atoms with Crippen LogP contribution in [0.25, 0.3) is 0 Å². The van der Waals surface area contributed by atoms with E-state index in [4.69, 9.17) is 15.0 Å². The Hall–Kier alpha value is -1.86. The smallest absolute Gasteiger partial charge is 0.404 e. The first kappa shape index (κ1) is 38.6. The molecule has 0 aromatic carbocycles. The molecule has 3 saturated carbocycles. The van der Waals surface area contributed by atoms with E-state index in [-0.39, 0.29) is 53.7 Å². The Labute approximate surface area is 281 Å². The number of hydrogen-bond donors (Lipinski definition) is 3. The number of nitrogens with zero attached hydrogens (tertiary/aromatic N) is 2. The second-order valence-electron chi connectivity index (χ2n) is 14.9. The van der Waals surface area contributed by atoms with E-state index in [2.05, 4.69) is 51.9 Å². The number of unbranched alkanes of at least 4 members (excludes halogenated alkanes) is 5. The molecule has 4 N–H and O–H groups in total. The summed E-state index contributed by atoms with van der Waals surface area (Å²) in [5.41, 5.74) is 7.24. The van der Waals surface area contributed by atoms with Crippen molar-refractivity contribution < 1.29 is 23.9 Å². The van der Waals surface area contributed by atoms with Crippen molar-refractivity contribution in [1.82, 2.24) is 10.7 Å². The highest BCUT2D eigenvalue weighted by Gasteiger charge is 2.68. The molecule has 262 valence electrons. The Bertz CT molecular complexity index is 1050. The summed E-state index contributed by atoms with van der Waals surface area (Å²) in [6.45, 7) is 13.5. The number of hydrazine groups is 1. The number of thioether (sulfide) groups is 1. The number of ketones is 1. The summed E-state index contributed by atoms with van der Waals surface area (Å²) in [5.74, 6) is 1.89. The molecule has 1 saturated heterocycles. The lowest BCUT2D eigenvalue weighted by Gasteiger charge is -2.64. The maximum atomic E-state index is 13.9. The van der Waals surface area contributed by atoms with E-state index >= 15 is 0 Å². The maximum absolute atomic E-state index is 13.9. The number of guanidine groups is 1. The molecule has 1 aliphatic heterocycles. The summed E-state index contributed by atoms with van der Waals surface area (Å²) in [6, 6.07) is 0. The van der Waals surface area contributed by atoms with Gasteiger partial charge < -0.3 is 20.4 Å². The number of Topliss-reactive ketones (excluding diaryl/α,β-unsaturated/α-hetero) is 1. The number of aliphatic imine (C=N–C) groups is 1. The van der Waals surface area contributed by atoms with Gasteiger partial charge in [0.05, 0.1) is 17.6 Å². The number of amides is 1. The fourth-order valence-corrected chi connectivity index (χ4v) is 8.74. The van der Waals surface area contributed by atoms with Crippen LogP contribution in [0.3, 0.4) is 0 Å². The van der Waals surface area contributed by atoms with Crippen LogP contribution < -0.4 is 16.5 Å². The first-order valence-corrected chi connectivity index (χ1v) is 18.9. The summed E-state index contributed by atoms with van der Waals surface area (Å²) in [5, 5.41) is 13.1. The van der Waals surface area contributed by atoms with Gasteiger partial charge >= 0.3 is 7.12 Å². The molecule has 4 rings (SSSR count). The Morgan fingerprint density at radius 3 is 2.50 bits per heavy atom. The molecular formula is C33H60BN5O6S. The van der Waals surface area contributed by atoms with Gasteiger partial charge in [0, 0.05) is 31.1 Å². The Morgan fingerprint density at radius 2 is 1.83 bits per heavy atom. The van der Waals surface area contributed by atoms with Crippen molar-refractivity contribution in [1.29, 1.82) is 0 Å². The largest absolute Gasteiger partial charge is 0.481 e. The highest BCUT2D eigenvalue weighted by atomic mass is 32.2. The van der Waals surface area contributed by atoms with E-state index in [0.717, 1.165) is 24.3 Å². The van der Waals surface area contributed by atoms with Gasteiger partial charge in [0.15, 0.2) is 5.03 Å². The lowest BCUT2D eigenvalue weighted by molar-refractivity contribution is -0.525. The fraction of sp³-hybridized carbons (Fsp3) is 0.909. The molecule has 2 bridgehead atoms. The minimum absolute atomic E-state index is 0.0168. The van der Waals surface area contributed by atoms with Crippen LogP contribution >= 0.6 is 11.8 Å². The van der Waals surface area contributed by atoms with Crippen LogP contribution in [0.5, 0.6) is 0 Å². The van der Waals surface area contributed by atoms with Crippen LogP contribution in [0.4, 0.5) is 0 Å². The van der Waals surface area contributed by atoms with Gasteiger partial charge in [-0.05, 0) is 74.4 Å². The van der Waals surface area contributed by atoms with E-state index in [1.807, 2.05) is 17.2 Å². The Balaban J connectivity index is 1.59. The van der Waals surface area contributed by atoms with Crippen LogP contribution in [0, 0.1) is 39.2 Å². The number of nitrogens with two attached hydrogens (primary N) is 1. The van der Waals surface area contributed by atoms with Gasteiger partial charge in [-0.15, -0.1) is 0 Å². The number of nitro groups is 1. The molecule has 0 radical (unpaired) electrons. The summed E-state index contributed by atoms with van der Waals surface area (Å²) in [6.07, 6.45) is 11.8. The molecule has 3 aliphatic carbocycles. The molecule has 0 aromatic rings. The topological polar surface area (TPSA) is 158 Å². The molecule has 0 spiro atoms. The second-order valence-corrected chi connectivity index (χ2v) is 16.2. The molecule has 0 aromatic heterocycles. The minimum atomic E-state index is -0.763. The molecule has 13 heteroatoms. The molecule has 46 heavy (non-hydrogen) atoms. The lowest BCUT2D eigenvalue weighted by atomic mass is 9.43. The number of carbonyl (C=O) groups excluding carboxylic acids is 2. The average molecular weight is 666 g/mol. The number of nitrogens with one attached hydrogen (secondary N) is 2. The zero-order valence-electron chi connectivity index (χ0n) is 29.2. The maximum Gasteiger partial charge on any atom is 0.481 e. The van der Waals surface area contributed by atoms with Crippen molar-refractivity contribution in [3.63, 3.8) is 0 Å². The van der Waals surface area contributed by atoms with Crippen LogP contribution in [-0.2, 0) is 18.9 Å². The van der Waals surface area contributed by atoms with Gasteiger partial charge in [0.25, 0.3) is 5.96 Å². The summed E-state index contributed by atoms with van der Waals surface area (Å²) < 4.78 is 13.3. The normalized spacial score (nSPS) is 26.3. The van der Waals surface area contributed by atoms with E-state index in [1.165, 1.54) is 38.5 Å². The molecule has 4 aliphatic rings. The first-order valence-electron chi connectivity index (χ1n) is 17.7. The van der Waals surface area contributed by atoms with Crippen molar-refractivity contribution in [2.45, 2.75) is 143 Å². The van der Waals surface area contributed by atoms with E-state index in [9.17, 15) is 19.7 Å². The van der Waals surface area contributed by atoms with Crippen LogP contribution in [0.2, 0.25) is 0 Å². The third kappa shape index (κ3) is 10.8. The van der Waals surface area contributed by atoms with Crippen LogP contribution in [-0.4, -0.2) is 65.5 Å². The van der Waals surface area contributed by atoms with E-state index in [0.29, 0.717) is 43.4 Å². The van der Waals surface area contributed by atoms with Gasteiger partial charge in [-0.25, -0.2) is 15.1 Å². The van der Waals surface area contributed by atoms with Crippen molar-refractivity contribution in [2.75, 3.05) is 18.1 Å². The summed E-state index contributed by atoms with van der Waals surface area (Å²) in [4.78, 5) is 41.6. The fourth-order valence-electron chi connectivity index (χ4n) is 7.76. The highest BCUT2D eigenvalue weighted by Crippen LogP contribution is 2.65. The molecule has 1 amide bonds. The minimum Gasteiger partial charge on any atom is -0.404 e. The Kier molecular flexibility index (Phi) is 15.1. The first-order chi connectivity index (χ1) is 21.8. The summed E-state index contributed by atoms with van der Waals surface area (Å²) >= 11 is 1.81. The number of hydrogen-bond acceptors (Lipinski definition) is 8. The van der Waals surface area contributed by atoms with Crippen molar-refractivity contribution in [3.05, 3.63) is 10.1 Å². The second kappa shape index (κ2) is 18.1. The van der Waals surface area contributed by atoms with Crippen LogP contribution in [0.15, 0.2) is 4.99 Å². The zero-order valence-corrected chi connectivity index (χ0v) is 30.0. The van der Waals surface area contributed by atoms with Gasteiger partial charge in [-0.1, -0.05) is 72.1 Å². The third-order valence-electron chi connectivity index (χ3n) is 10.6. The molecule has 1 heterocycles. The quantitative estimate of drug-likeness (QED) is 0.0328. The van der Waals surface area contributed by atoms with Gasteiger partial charge in [-0.3, -0.25) is 9.59 Å². The molecular weight excluding hydrogens is 605 g/mol. The van der Waals surface area contributed by atoms with Crippen molar-refractivity contribution >= 4 is 36.5 Å². The average Bonchev–Trinajstić information content (AvgIpc) is 3.34. The van der Waals surface area contributed by atoms with E-state index in [1.54, 1.807) is 0 Å². The van der Waals surface area contributed by atoms with Gasteiger partial charge in [0.1, 0.15) is 5.78 Å². The number of carbonyl (C=O) groups is 2. The van der Waals surface area contributed by atoms with Gasteiger partial charge in [0.2, 0.25) is 5.91 Å². The lowest BCUT2D eigenvalue weighted by Crippen LogP contribution is -2.65. The molecule has 6 atom stereocenters. The number of rotatable bonds is 22. The molecule has 11 nitrogen and oxygen atoms in total. The van der Waals surface area contributed by atoms with Crippen LogP contribution in [0.1, 0.15) is 125 Å². The van der Waals surface area contributed by atoms with Gasteiger partial charge in [-0.2, -0.15) is 11.8 Å².